The number of hydrogen-bond acceptors (Lipinski definition) is 4. The van der Waals surface area contributed by atoms with Crippen molar-refractivity contribution in [3.05, 3.63) is 236 Å². The van der Waals surface area contributed by atoms with Gasteiger partial charge in [0.2, 0.25) is 0 Å². The van der Waals surface area contributed by atoms with Crippen LogP contribution in [0.4, 0.5) is 51.2 Å². The minimum absolute atomic E-state index is 0.978. The summed E-state index contributed by atoms with van der Waals surface area (Å²) in [7, 11) is 0. The lowest BCUT2D eigenvalue weighted by Gasteiger charge is -2.32. The summed E-state index contributed by atoms with van der Waals surface area (Å²) < 4.78 is 2.54. The number of hydrogen-bond donors (Lipinski definition) is 0. The van der Waals surface area contributed by atoms with E-state index in [1.54, 1.807) is 0 Å². The van der Waals surface area contributed by atoms with E-state index in [1.165, 1.54) is 53.8 Å². The molecule has 0 atom stereocenters. The van der Waals surface area contributed by atoms with Crippen LogP contribution in [0, 0.1) is 0 Å². The van der Waals surface area contributed by atoms with Gasteiger partial charge in [-0.1, -0.05) is 121 Å². The van der Waals surface area contributed by atoms with Crippen molar-refractivity contribution in [2.24, 2.45) is 0 Å². The van der Waals surface area contributed by atoms with Crippen LogP contribution in [0.2, 0.25) is 0 Å². The fraction of sp³-hybridized carbons (Fsp3) is 0.0357. The Hall–Kier alpha value is -7.40. The van der Waals surface area contributed by atoms with Crippen molar-refractivity contribution >= 4 is 82.7 Å². The average Bonchev–Trinajstić information content (AvgIpc) is 3.70. The van der Waals surface area contributed by atoms with Crippen LogP contribution in [-0.2, 0) is 12.8 Å². The Morgan fingerprint density at radius 1 is 0.317 bits per heavy atom. The summed E-state index contributed by atoms with van der Waals surface area (Å²) in [5, 5.41) is 2.51. The molecule has 4 heteroatoms. The lowest BCUT2D eigenvalue weighted by molar-refractivity contribution is 0.938. The predicted molar refractivity (Wildman–Crippen MR) is 256 cm³/mol. The molecule has 11 rings (SSSR count). The van der Waals surface area contributed by atoms with E-state index in [-0.39, 0.29) is 0 Å². The molecule has 0 bridgehead atoms. The molecule has 0 spiro atoms. The molecule has 0 fully saturated rings. The van der Waals surface area contributed by atoms with Gasteiger partial charge in [0.1, 0.15) is 0 Å². The topological polar surface area (TPSA) is 9.72 Å². The highest BCUT2D eigenvalue weighted by molar-refractivity contribution is 7.26. The minimum atomic E-state index is 0.978. The lowest BCUT2D eigenvalue weighted by atomic mass is 9.84. The normalized spacial score (nSPS) is 11.9. The van der Waals surface area contributed by atoms with E-state index in [4.69, 9.17) is 0 Å². The van der Waals surface area contributed by atoms with Gasteiger partial charge >= 0.3 is 0 Å². The Morgan fingerprint density at radius 3 is 1.38 bits per heavy atom. The molecule has 1 aromatic heterocycles. The highest BCUT2D eigenvalue weighted by Crippen LogP contribution is 2.48. The molecular formula is C56H41N3S. The zero-order valence-corrected chi connectivity index (χ0v) is 33.8. The predicted octanol–water partition coefficient (Wildman–Crippen LogP) is 16.2. The van der Waals surface area contributed by atoms with E-state index < -0.39 is 0 Å². The molecule has 0 amide bonds. The van der Waals surface area contributed by atoms with Gasteiger partial charge < -0.3 is 14.7 Å². The van der Waals surface area contributed by atoms with Gasteiger partial charge in [-0.15, -0.1) is 11.3 Å². The molecular weight excluding hydrogens is 747 g/mol. The Kier molecular flexibility index (Phi) is 9.18. The molecule has 1 aliphatic rings. The van der Waals surface area contributed by atoms with Crippen LogP contribution in [-0.4, -0.2) is 0 Å². The first-order chi connectivity index (χ1) is 29.8. The van der Waals surface area contributed by atoms with Crippen LogP contribution in [0.25, 0.3) is 31.3 Å². The van der Waals surface area contributed by atoms with E-state index >= 15 is 0 Å². The van der Waals surface area contributed by atoms with E-state index in [2.05, 4.69) is 239 Å². The summed E-state index contributed by atoms with van der Waals surface area (Å²) in [4.78, 5) is 7.21. The van der Waals surface area contributed by atoms with Crippen LogP contribution < -0.4 is 14.7 Å². The third kappa shape index (κ3) is 6.39. The van der Waals surface area contributed by atoms with Gasteiger partial charge in [-0.2, -0.15) is 0 Å². The lowest BCUT2D eigenvalue weighted by Crippen LogP contribution is -2.15. The first-order valence-corrected chi connectivity index (χ1v) is 21.5. The number of rotatable bonds is 9. The number of nitrogens with zero attached hydrogens (tertiary/aromatic N) is 3. The molecule has 1 heterocycles. The van der Waals surface area contributed by atoms with Crippen molar-refractivity contribution in [2.45, 2.75) is 12.8 Å². The van der Waals surface area contributed by atoms with Crippen molar-refractivity contribution in [1.82, 2.24) is 0 Å². The summed E-state index contributed by atoms with van der Waals surface area (Å²) >= 11 is 1.87. The van der Waals surface area contributed by atoms with Crippen molar-refractivity contribution in [3.8, 4) is 11.1 Å². The number of aryl methyl sites for hydroxylation is 1. The molecule has 60 heavy (non-hydrogen) atoms. The molecule has 0 N–H and O–H groups in total. The first kappa shape index (κ1) is 35.7. The van der Waals surface area contributed by atoms with Crippen LogP contribution in [0.5, 0.6) is 0 Å². The Labute approximate surface area is 355 Å². The molecule has 0 unspecified atom stereocenters. The average molecular weight is 788 g/mol. The fourth-order valence-corrected chi connectivity index (χ4v) is 10.2. The van der Waals surface area contributed by atoms with Gasteiger partial charge in [0.05, 0.1) is 10.4 Å². The summed E-state index contributed by atoms with van der Waals surface area (Å²) in [5.74, 6) is 0. The van der Waals surface area contributed by atoms with Gasteiger partial charge in [0.15, 0.2) is 0 Å². The smallest absolute Gasteiger partial charge is 0.0640 e. The summed E-state index contributed by atoms with van der Waals surface area (Å²) in [6, 6.07) is 81.3. The maximum absolute atomic E-state index is 2.42. The van der Waals surface area contributed by atoms with Crippen LogP contribution in [0.15, 0.2) is 224 Å². The Morgan fingerprint density at radius 2 is 0.800 bits per heavy atom. The second-order valence-corrected chi connectivity index (χ2v) is 16.3. The van der Waals surface area contributed by atoms with Crippen molar-refractivity contribution in [1.29, 1.82) is 0 Å². The van der Waals surface area contributed by atoms with Crippen molar-refractivity contribution in [3.63, 3.8) is 0 Å². The highest BCUT2D eigenvalue weighted by Gasteiger charge is 2.25. The Balaban J connectivity index is 1.04. The molecule has 10 aromatic rings. The third-order valence-corrected chi connectivity index (χ3v) is 12.9. The van der Waals surface area contributed by atoms with Crippen LogP contribution >= 0.6 is 11.3 Å². The number of benzene rings is 9. The minimum Gasteiger partial charge on any atom is -0.310 e. The number of fused-ring (bicyclic) bond motifs is 6. The molecule has 3 nitrogen and oxygen atoms in total. The quantitative estimate of drug-likeness (QED) is 0.144. The summed E-state index contributed by atoms with van der Waals surface area (Å²) in [6.45, 7) is 0. The molecule has 0 aliphatic heterocycles. The number of anilines is 9. The van der Waals surface area contributed by atoms with Crippen molar-refractivity contribution < 1.29 is 0 Å². The third-order valence-electron chi connectivity index (χ3n) is 11.7. The zero-order chi connectivity index (χ0) is 39.8. The SMILES string of the molecule is c1ccc(N(c2ccc3c(c2)-c2cccc(N(c4ccccc4)c4ccccc4)c2CC3)c2ccc3sc4c(N(c5ccccc5)c5ccccc5)cccc4c3c2)cc1. The molecule has 0 saturated heterocycles. The summed E-state index contributed by atoms with van der Waals surface area (Å²) in [5.41, 5.74) is 15.7. The first-order valence-electron chi connectivity index (χ1n) is 20.6. The molecule has 286 valence electrons. The molecule has 9 aromatic carbocycles. The maximum Gasteiger partial charge on any atom is 0.0640 e. The standard InChI is InChI=1S/C56H41N3S/c1-6-18-41(19-7-1)57(47-35-37-55-52(39-47)50-29-17-31-54(56(50)60-55)59(44-24-12-4-13-25-44)45-26-14-5-15-27-45)46-34-32-40-33-36-49-48(51(40)38-46)28-16-30-53(49)58(42-20-8-2-9-21-42)43-22-10-3-11-23-43/h1-32,34-35,37-39H,33,36H2. The van der Waals surface area contributed by atoms with Gasteiger partial charge in [0, 0.05) is 61.0 Å². The monoisotopic (exact) mass is 787 g/mol. The van der Waals surface area contributed by atoms with Crippen LogP contribution in [0.1, 0.15) is 11.1 Å². The summed E-state index contributed by atoms with van der Waals surface area (Å²) in [6.07, 6.45) is 1.97. The van der Waals surface area contributed by atoms with E-state index in [0.29, 0.717) is 0 Å². The number of para-hydroxylation sites is 5. The number of thiophene rings is 1. The van der Waals surface area contributed by atoms with E-state index in [1.807, 2.05) is 11.3 Å². The second-order valence-electron chi connectivity index (χ2n) is 15.3. The largest absolute Gasteiger partial charge is 0.310 e. The maximum atomic E-state index is 2.42. The zero-order valence-electron chi connectivity index (χ0n) is 33.0. The molecule has 0 radical (unpaired) electrons. The van der Waals surface area contributed by atoms with Crippen LogP contribution in [0.3, 0.4) is 0 Å². The Bertz CT molecular complexity index is 3010. The van der Waals surface area contributed by atoms with E-state index in [9.17, 15) is 0 Å². The van der Waals surface area contributed by atoms with Gasteiger partial charge in [-0.05, 0) is 138 Å². The van der Waals surface area contributed by atoms with Gasteiger partial charge in [-0.3, -0.25) is 0 Å². The fourth-order valence-electron chi connectivity index (χ4n) is 9.00. The highest BCUT2D eigenvalue weighted by atomic mass is 32.1. The van der Waals surface area contributed by atoms with E-state index in [0.717, 1.165) is 52.7 Å². The second kappa shape index (κ2) is 15.4. The van der Waals surface area contributed by atoms with Gasteiger partial charge in [-0.25, -0.2) is 0 Å². The molecule has 0 saturated carbocycles. The molecule has 1 aliphatic carbocycles. The van der Waals surface area contributed by atoms with Crippen molar-refractivity contribution in [2.75, 3.05) is 14.7 Å². The van der Waals surface area contributed by atoms with Gasteiger partial charge in [0.25, 0.3) is 0 Å².